The third-order valence-electron chi connectivity index (χ3n) is 3.74. The molecule has 0 radical (unpaired) electrons. The minimum absolute atomic E-state index is 0.0231. The highest BCUT2D eigenvalue weighted by molar-refractivity contribution is 5.58. The molecule has 1 saturated heterocycles. The Morgan fingerprint density at radius 1 is 1.47 bits per heavy atom. The standard InChI is InChI=1S/C13H19N3O3/c1-10-8-15(6-5-14(10)2)13-4-3-12(16(18)19)7-11(13)9-17/h3-4,7,10,17H,5-6,8-9H2,1-2H3. The van der Waals surface area contributed by atoms with E-state index in [-0.39, 0.29) is 12.3 Å². The number of nitro groups is 1. The zero-order valence-electron chi connectivity index (χ0n) is 11.2. The maximum Gasteiger partial charge on any atom is 0.269 e. The van der Waals surface area contributed by atoms with E-state index in [1.165, 1.54) is 12.1 Å². The van der Waals surface area contributed by atoms with Crippen LogP contribution in [0.4, 0.5) is 11.4 Å². The Kier molecular flexibility index (Phi) is 4.01. The van der Waals surface area contributed by atoms with Gasteiger partial charge in [-0.15, -0.1) is 0 Å². The van der Waals surface area contributed by atoms with Gasteiger partial charge in [-0.2, -0.15) is 0 Å². The van der Waals surface area contributed by atoms with Crippen LogP contribution in [0.25, 0.3) is 0 Å². The Bertz CT molecular complexity index is 478. The van der Waals surface area contributed by atoms with Crippen molar-refractivity contribution in [3.05, 3.63) is 33.9 Å². The summed E-state index contributed by atoms with van der Waals surface area (Å²) in [7, 11) is 2.09. The van der Waals surface area contributed by atoms with Gasteiger partial charge in [-0.1, -0.05) is 0 Å². The molecule has 1 fully saturated rings. The minimum atomic E-state index is -0.435. The molecular weight excluding hydrogens is 246 g/mol. The number of aliphatic hydroxyl groups is 1. The molecule has 1 atom stereocenters. The third kappa shape index (κ3) is 2.85. The van der Waals surface area contributed by atoms with Crippen molar-refractivity contribution in [1.29, 1.82) is 0 Å². The lowest BCUT2D eigenvalue weighted by Gasteiger charge is -2.39. The molecule has 1 N–H and O–H groups in total. The number of rotatable bonds is 3. The zero-order valence-corrected chi connectivity index (χ0v) is 11.2. The van der Waals surface area contributed by atoms with Crippen molar-refractivity contribution in [1.82, 2.24) is 4.90 Å². The van der Waals surface area contributed by atoms with E-state index in [4.69, 9.17) is 0 Å². The molecule has 0 saturated carbocycles. The van der Waals surface area contributed by atoms with Crippen molar-refractivity contribution in [3.63, 3.8) is 0 Å². The lowest BCUT2D eigenvalue weighted by Crippen LogP contribution is -2.50. The molecule has 0 bridgehead atoms. The summed E-state index contributed by atoms with van der Waals surface area (Å²) >= 11 is 0. The van der Waals surface area contributed by atoms with E-state index in [2.05, 4.69) is 23.8 Å². The van der Waals surface area contributed by atoms with Crippen molar-refractivity contribution in [2.75, 3.05) is 31.6 Å². The summed E-state index contributed by atoms with van der Waals surface area (Å²) in [6, 6.07) is 5.12. The molecule has 0 aliphatic carbocycles. The maximum atomic E-state index is 10.8. The summed E-state index contributed by atoms with van der Waals surface area (Å²) in [6.45, 7) is 4.64. The molecule has 104 valence electrons. The Hall–Kier alpha value is -1.66. The van der Waals surface area contributed by atoms with Crippen molar-refractivity contribution in [3.8, 4) is 0 Å². The van der Waals surface area contributed by atoms with Gasteiger partial charge in [-0.3, -0.25) is 10.1 Å². The molecule has 6 heteroatoms. The van der Waals surface area contributed by atoms with Crippen LogP contribution in [0.5, 0.6) is 0 Å². The number of likely N-dealkylation sites (N-methyl/N-ethyl adjacent to an activating group) is 1. The number of benzene rings is 1. The molecule has 6 nitrogen and oxygen atoms in total. The fourth-order valence-corrected chi connectivity index (χ4v) is 2.39. The van der Waals surface area contributed by atoms with Crippen LogP contribution in [0.2, 0.25) is 0 Å². The van der Waals surface area contributed by atoms with Crippen LogP contribution in [0, 0.1) is 10.1 Å². The van der Waals surface area contributed by atoms with Gasteiger partial charge in [-0.05, 0) is 20.0 Å². The quantitative estimate of drug-likeness (QED) is 0.657. The van der Waals surface area contributed by atoms with Gasteiger partial charge in [-0.25, -0.2) is 0 Å². The van der Waals surface area contributed by atoms with E-state index < -0.39 is 4.92 Å². The van der Waals surface area contributed by atoms with Gasteiger partial charge >= 0.3 is 0 Å². The second-order valence-electron chi connectivity index (χ2n) is 5.00. The van der Waals surface area contributed by atoms with E-state index in [0.29, 0.717) is 11.6 Å². The lowest BCUT2D eigenvalue weighted by atomic mass is 10.1. The van der Waals surface area contributed by atoms with E-state index >= 15 is 0 Å². The van der Waals surface area contributed by atoms with Crippen LogP contribution >= 0.6 is 0 Å². The van der Waals surface area contributed by atoms with Gasteiger partial charge in [0.1, 0.15) is 0 Å². The molecule has 1 aromatic carbocycles. The number of anilines is 1. The number of hydrogen-bond donors (Lipinski definition) is 1. The van der Waals surface area contributed by atoms with E-state index in [9.17, 15) is 15.2 Å². The summed E-state index contributed by atoms with van der Waals surface area (Å²) in [4.78, 5) is 14.8. The first kappa shape index (κ1) is 13.8. The molecule has 1 unspecified atom stereocenters. The van der Waals surface area contributed by atoms with Gasteiger partial charge in [0.25, 0.3) is 5.69 Å². The van der Waals surface area contributed by atoms with Crippen LogP contribution in [0.15, 0.2) is 18.2 Å². The van der Waals surface area contributed by atoms with E-state index in [1.54, 1.807) is 6.07 Å². The summed E-state index contributed by atoms with van der Waals surface area (Å²) < 4.78 is 0. The fraction of sp³-hybridized carbons (Fsp3) is 0.538. The largest absolute Gasteiger partial charge is 0.392 e. The highest BCUT2D eigenvalue weighted by Gasteiger charge is 2.23. The van der Waals surface area contributed by atoms with Gasteiger partial charge in [0.15, 0.2) is 0 Å². The van der Waals surface area contributed by atoms with Crippen molar-refractivity contribution >= 4 is 11.4 Å². The van der Waals surface area contributed by atoms with Gasteiger partial charge in [0.2, 0.25) is 0 Å². The average molecular weight is 265 g/mol. The topological polar surface area (TPSA) is 69.8 Å². The molecule has 1 heterocycles. The molecule has 1 aliphatic rings. The summed E-state index contributed by atoms with van der Waals surface area (Å²) in [5.41, 5.74) is 1.54. The summed E-state index contributed by atoms with van der Waals surface area (Å²) in [5, 5.41) is 20.2. The predicted octanol–water partition coefficient (Wildman–Crippen LogP) is 1.23. The first-order chi connectivity index (χ1) is 9.02. The Balaban J connectivity index is 2.27. The summed E-state index contributed by atoms with van der Waals surface area (Å²) in [6.07, 6.45) is 0. The van der Waals surface area contributed by atoms with Crippen LogP contribution in [0.1, 0.15) is 12.5 Å². The number of piperazine rings is 1. The summed E-state index contributed by atoms with van der Waals surface area (Å²) in [5.74, 6) is 0. The van der Waals surface area contributed by atoms with Crippen LogP contribution in [-0.2, 0) is 6.61 Å². The molecule has 2 rings (SSSR count). The number of hydrogen-bond acceptors (Lipinski definition) is 5. The van der Waals surface area contributed by atoms with Crippen LogP contribution in [-0.4, -0.2) is 47.7 Å². The molecule has 0 amide bonds. The van der Waals surface area contributed by atoms with Gasteiger partial charge in [0.05, 0.1) is 11.5 Å². The molecule has 0 spiro atoms. The molecule has 19 heavy (non-hydrogen) atoms. The number of aliphatic hydroxyl groups excluding tert-OH is 1. The lowest BCUT2D eigenvalue weighted by molar-refractivity contribution is -0.384. The smallest absolute Gasteiger partial charge is 0.269 e. The minimum Gasteiger partial charge on any atom is -0.392 e. The first-order valence-electron chi connectivity index (χ1n) is 6.36. The second-order valence-corrected chi connectivity index (χ2v) is 5.00. The monoisotopic (exact) mass is 265 g/mol. The highest BCUT2D eigenvalue weighted by Crippen LogP contribution is 2.27. The highest BCUT2D eigenvalue weighted by atomic mass is 16.6. The van der Waals surface area contributed by atoms with E-state index in [1.807, 2.05) is 0 Å². The Morgan fingerprint density at radius 3 is 2.79 bits per heavy atom. The van der Waals surface area contributed by atoms with Crippen LogP contribution in [0.3, 0.4) is 0 Å². The van der Waals surface area contributed by atoms with Crippen molar-refractivity contribution in [2.24, 2.45) is 0 Å². The molecule has 1 aliphatic heterocycles. The first-order valence-corrected chi connectivity index (χ1v) is 6.36. The van der Waals surface area contributed by atoms with Gasteiger partial charge < -0.3 is 14.9 Å². The predicted molar refractivity (Wildman–Crippen MR) is 73.3 cm³/mol. The Labute approximate surface area is 112 Å². The molecular formula is C13H19N3O3. The second kappa shape index (κ2) is 5.54. The SMILES string of the molecule is CC1CN(c2ccc([N+](=O)[O-])cc2CO)CCN1C. The number of nitro benzene ring substituents is 1. The average Bonchev–Trinajstić information content (AvgIpc) is 2.41. The Morgan fingerprint density at radius 2 is 2.21 bits per heavy atom. The molecule has 0 aromatic heterocycles. The third-order valence-corrected chi connectivity index (χ3v) is 3.74. The number of non-ortho nitro benzene ring substituents is 1. The van der Waals surface area contributed by atoms with E-state index in [0.717, 1.165) is 25.3 Å². The fourth-order valence-electron chi connectivity index (χ4n) is 2.39. The molecule has 1 aromatic rings. The van der Waals surface area contributed by atoms with Gasteiger partial charge in [0, 0.05) is 49.1 Å². The maximum absolute atomic E-state index is 10.8. The van der Waals surface area contributed by atoms with Crippen LogP contribution < -0.4 is 4.90 Å². The number of nitrogens with zero attached hydrogens (tertiary/aromatic N) is 3. The normalized spacial score (nSPS) is 20.6. The van der Waals surface area contributed by atoms with Crippen molar-refractivity contribution in [2.45, 2.75) is 19.6 Å². The zero-order chi connectivity index (χ0) is 14.0. The van der Waals surface area contributed by atoms with Crippen molar-refractivity contribution < 1.29 is 10.0 Å².